The summed E-state index contributed by atoms with van der Waals surface area (Å²) in [6, 6.07) is -1.56. The van der Waals surface area contributed by atoms with E-state index in [-0.39, 0.29) is 5.96 Å². The molecule has 0 radical (unpaired) electrons. The smallest absolute Gasteiger partial charge is 0.320 e. The Morgan fingerprint density at radius 1 is 1.05 bits per heavy atom. The van der Waals surface area contributed by atoms with E-state index in [1.165, 1.54) is 0 Å². The number of aliphatic carboxylic acids is 2. The van der Waals surface area contributed by atoms with E-state index in [1.807, 2.05) is 0 Å². The normalized spacial score (nSPS) is 12.5. The van der Waals surface area contributed by atoms with Crippen molar-refractivity contribution >= 4 is 17.9 Å². The van der Waals surface area contributed by atoms with Crippen LogP contribution in [0.4, 0.5) is 0 Å². The summed E-state index contributed by atoms with van der Waals surface area (Å²) in [5.74, 6) is -2.07. The van der Waals surface area contributed by atoms with Gasteiger partial charge in [0.2, 0.25) is 0 Å². The van der Waals surface area contributed by atoms with E-state index in [0.29, 0.717) is 38.8 Å². The van der Waals surface area contributed by atoms with Crippen molar-refractivity contribution in [1.29, 1.82) is 5.41 Å². The van der Waals surface area contributed by atoms with Crippen molar-refractivity contribution in [3.8, 4) is 0 Å². The SMILES string of the molecule is N=C(N)NCCCC(N)C(=O)O.NCCCC(N)C(=O)O. The molecular weight excluding hydrogens is 280 g/mol. The fourth-order valence-electron chi connectivity index (χ4n) is 1.13. The van der Waals surface area contributed by atoms with Crippen molar-refractivity contribution < 1.29 is 19.8 Å². The molecule has 0 aromatic carbocycles. The van der Waals surface area contributed by atoms with E-state index in [0.717, 1.165) is 0 Å². The fraction of sp³-hybridized carbons (Fsp3) is 0.727. The molecule has 0 saturated heterocycles. The summed E-state index contributed by atoms with van der Waals surface area (Å²) in [6.07, 6.45) is 2.11. The predicted octanol–water partition coefficient (Wildman–Crippen LogP) is -2.20. The van der Waals surface area contributed by atoms with Crippen molar-refractivity contribution in [3.63, 3.8) is 0 Å². The summed E-state index contributed by atoms with van der Waals surface area (Å²) in [7, 11) is 0. The van der Waals surface area contributed by atoms with Gasteiger partial charge >= 0.3 is 11.9 Å². The van der Waals surface area contributed by atoms with Crippen LogP contribution in [0.5, 0.6) is 0 Å². The first-order valence-corrected chi connectivity index (χ1v) is 6.47. The summed E-state index contributed by atoms with van der Waals surface area (Å²) < 4.78 is 0. The lowest BCUT2D eigenvalue weighted by atomic mass is 10.2. The van der Waals surface area contributed by atoms with Gasteiger partial charge in [0.15, 0.2) is 5.96 Å². The Labute approximate surface area is 123 Å². The Morgan fingerprint density at radius 2 is 1.48 bits per heavy atom. The first-order chi connectivity index (χ1) is 9.72. The van der Waals surface area contributed by atoms with Crippen LogP contribution in [-0.4, -0.2) is 53.3 Å². The van der Waals surface area contributed by atoms with Crippen molar-refractivity contribution in [2.24, 2.45) is 22.9 Å². The molecule has 10 nitrogen and oxygen atoms in total. The summed E-state index contributed by atoms with van der Waals surface area (Å²) in [4.78, 5) is 20.3. The molecule has 0 aromatic rings. The molecule has 12 N–H and O–H groups in total. The van der Waals surface area contributed by atoms with Gasteiger partial charge in [-0.3, -0.25) is 15.0 Å². The lowest BCUT2D eigenvalue weighted by Gasteiger charge is -2.06. The minimum Gasteiger partial charge on any atom is -0.480 e. The highest BCUT2D eigenvalue weighted by Gasteiger charge is 2.10. The molecular formula is C11H26N6O4. The van der Waals surface area contributed by atoms with Crippen LogP contribution < -0.4 is 28.3 Å². The second-order valence-corrected chi connectivity index (χ2v) is 4.30. The maximum atomic E-state index is 10.2. The highest BCUT2D eigenvalue weighted by atomic mass is 16.4. The number of carboxylic acids is 2. The van der Waals surface area contributed by atoms with Gasteiger partial charge in [0, 0.05) is 6.54 Å². The van der Waals surface area contributed by atoms with Crippen LogP contribution >= 0.6 is 0 Å². The Hall–Kier alpha value is -1.91. The lowest BCUT2D eigenvalue weighted by molar-refractivity contribution is -0.139. The maximum absolute atomic E-state index is 10.2. The minimum atomic E-state index is -1.00. The summed E-state index contributed by atoms with van der Waals surface area (Å²) in [6.45, 7) is 0.983. The largest absolute Gasteiger partial charge is 0.480 e. The third kappa shape index (κ3) is 16.0. The Balaban J connectivity index is 0. The van der Waals surface area contributed by atoms with Crippen molar-refractivity contribution in [3.05, 3.63) is 0 Å². The van der Waals surface area contributed by atoms with Crippen LogP contribution in [0.1, 0.15) is 25.7 Å². The molecule has 10 heteroatoms. The van der Waals surface area contributed by atoms with Crippen LogP contribution in [0.25, 0.3) is 0 Å². The van der Waals surface area contributed by atoms with E-state index in [4.69, 9.17) is 38.6 Å². The van der Waals surface area contributed by atoms with Crippen molar-refractivity contribution in [2.75, 3.05) is 13.1 Å². The summed E-state index contributed by atoms with van der Waals surface area (Å²) in [5.41, 5.74) is 20.5. The third-order valence-electron chi connectivity index (χ3n) is 2.36. The first kappa shape index (κ1) is 21.4. The number of nitrogens with one attached hydrogen (secondary N) is 2. The number of carboxylic acid groups (broad SMARTS) is 2. The lowest BCUT2D eigenvalue weighted by Crippen LogP contribution is -2.34. The molecule has 2 unspecified atom stereocenters. The number of hydrogen-bond donors (Lipinski definition) is 8. The van der Waals surface area contributed by atoms with E-state index in [9.17, 15) is 9.59 Å². The Bertz CT molecular complexity index is 326. The van der Waals surface area contributed by atoms with Gasteiger partial charge in [0.1, 0.15) is 12.1 Å². The van der Waals surface area contributed by atoms with Crippen LogP contribution in [0.2, 0.25) is 0 Å². The van der Waals surface area contributed by atoms with Gasteiger partial charge in [0.05, 0.1) is 0 Å². The number of carbonyl (C=O) groups is 2. The first-order valence-electron chi connectivity index (χ1n) is 6.47. The number of hydrogen-bond acceptors (Lipinski definition) is 6. The zero-order valence-electron chi connectivity index (χ0n) is 11.9. The average molecular weight is 306 g/mol. The van der Waals surface area contributed by atoms with Gasteiger partial charge in [-0.2, -0.15) is 0 Å². The van der Waals surface area contributed by atoms with Crippen molar-refractivity contribution in [2.45, 2.75) is 37.8 Å². The Kier molecular flexibility index (Phi) is 13.3. The molecule has 0 rings (SSSR count). The fourth-order valence-corrected chi connectivity index (χ4v) is 1.13. The molecule has 0 amide bonds. The summed E-state index contributed by atoms with van der Waals surface area (Å²) in [5, 5.41) is 26.0. The summed E-state index contributed by atoms with van der Waals surface area (Å²) >= 11 is 0. The topological polar surface area (TPSA) is 215 Å². The second-order valence-electron chi connectivity index (χ2n) is 4.30. The molecule has 0 aliphatic carbocycles. The minimum absolute atomic E-state index is 0.112. The molecule has 0 fully saturated rings. The standard InChI is InChI=1S/C6H14N4O2.C5H12N2O2/c7-4(5(11)12)2-1-3-10-6(8)9;6-3-1-2-4(7)5(8)9/h4H,1-3,7H2,(H,11,12)(H4,8,9,10);4H,1-3,6-7H2,(H,8,9). The van der Waals surface area contributed by atoms with Gasteiger partial charge in [-0.25, -0.2) is 0 Å². The van der Waals surface area contributed by atoms with Gasteiger partial charge < -0.3 is 38.5 Å². The van der Waals surface area contributed by atoms with Gasteiger partial charge in [0.25, 0.3) is 0 Å². The molecule has 0 spiro atoms. The third-order valence-corrected chi connectivity index (χ3v) is 2.36. The van der Waals surface area contributed by atoms with E-state index in [1.54, 1.807) is 0 Å². The number of guanidine groups is 1. The zero-order valence-corrected chi connectivity index (χ0v) is 11.9. The molecule has 0 bridgehead atoms. The molecule has 21 heavy (non-hydrogen) atoms. The highest BCUT2D eigenvalue weighted by Crippen LogP contribution is 1.92. The quantitative estimate of drug-likeness (QED) is 0.131. The van der Waals surface area contributed by atoms with Crippen LogP contribution in [0.3, 0.4) is 0 Å². The van der Waals surface area contributed by atoms with Crippen LogP contribution in [-0.2, 0) is 9.59 Å². The molecule has 0 heterocycles. The van der Waals surface area contributed by atoms with Crippen molar-refractivity contribution in [1.82, 2.24) is 5.32 Å². The molecule has 0 aromatic heterocycles. The molecule has 0 aliphatic rings. The zero-order chi connectivity index (χ0) is 16.8. The molecule has 0 saturated carbocycles. The predicted molar refractivity (Wildman–Crippen MR) is 78.7 cm³/mol. The van der Waals surface area contributed by atoms with E-state index < -0.39 is 24.0 Å². The van der Waals surface area contributed by atoms with E-state index in [2.05, 4.69) is 5.32 Å². The van der Waals surface area contributed by atoms with Gasteiger partial charge in [-0.15, -0.1) is 0 Å². The van der Waals surface area contributed by atoms with Crippen LogP contribution in [0, 0.1) is 5.41 Å². The number of nitrogens with two attached hydrogens (primary N) is 4. The monoisotopic (exact) mass is 306 g/mol. The highest BCUT2D eigenvalue weighted by molar-refractivity contribution is 5.74. The molecule has 124 valence electrons. The molecule has 0 aliphatic heterocycles. The molecule has 2 atom stereocenters. The number of rotatable bonds is 9. The average Bonchev–Trinajstić information content (AvgIpc) is 2.40. The van der Waals surface area contributed by atoms with Gasteiger partial charge in [-0.1, -0.05) is 0 Å². The van der Waals surface area contributed by atoms with E-state index >= 15 is 0 Å². The van der Waals surface area contributed by atoms with Gasteiger partial charge in [-0.05, 0) is 32.2 Å². The maximum Gasteiger partial charge on any atom is 0.320 e. The van der Waals surface area contributed by atoms with Crippen LogP contribution in [0.15, 0.2) is 0 Å². The Morgan fingerprint density at radius 3 is 1.81 bits per heavy atom. The second kappa shape index (κ2) is 13.1.